The molecule has 5 heteroatoms. The van der Waals surface area contributed by atoms with Crippen molar-refractivity contribution >= 4 is 11.7 Å². The molecule has 0 aromatic carbocycles. The van der Waals surface area contributed by atoms with Crippen molar-refractivity contribution in [1.29, 1.82) is 0 Å². The monoisotopic (exact) mass is 302 g/mol. The molecule has 0 aliphatic carbocycles. The molecular formula is C17H26N4O. The summed E-state index contributed by atoms with van der Waals surface area (Å²) in [5.74, 6) is 1.50. The van der Waals surface area contributed by atoms with Crippen molar-refractivity contribution in [3.05, 3.63) is 23.9 Å². The Labute approximate surface area is 132 Å². The molecule has 0 saturated carbocycles. The lowest BCUT2D eigenvalue weighted by Crippen LogP contribution is -2.49. The lowest BCUT2D eigenvalue weighted by atomic mass is 9.94. The molecule has 1 atom stereocenters. The maximum atomic E-state index is 12.6. The van der Waals surface area contributed by atoms with Gasteiger partial charge in [0.25, 0.3) is 0 Å². The second-order valence-corrected chi connectivity index (χ2v) is 6.64. The van der Waals surface area contributed by atoms with Gasteiger partial charge >= 0.3 is 0 Å². The average Bonchev–Trinajstić information content (AvgIpc) is 2.55. The third-order valence-corrected chi connectivity index (χ3v) is 4.83. The van der Waals surface area contributed by atoms with Gasteiger partial charge in [-0.2, -0.15) is 0 Å². The van der Waals surface area contributed by atoms with E-state index in [2.05, 4.69) is 22.0 Å². The fraction of sp³-hybridized carbons (Fsp3) is 0.647. The quantitative estimate of drug-likeness (QED) is 0.900. The van der Waals surface area contributed by atoms with E-state index >= 15 is 0 Å². The van der Waals surface area contributed by atoms with Crippen LogP contribution in [-0.2, 0) is 4.79 Å². The van der Waals surface area contributed by atoms with Gasteiger partial charge in [0.1, 0.15) is 5.82 Å². The maximum Gasteiger partial charge on any atom is 0.225 e. The molecule has 3 rings (SSSR count). The van der Waals surface area contributed by atoms with E-state index in [1.165, 1.54) is 5.56 Å². The van der Waals surface area contributed by atoms with Crippen LogP contribution in [-0.4, -0.2) is 48.0 Å². The van der Waals surface area contributed by atoms with Crippen LogP contribution in [0.25, 0.3) is 0 Å². The molecule has 3 heterocycles. The summed E-state index contributed by atoms with van der Waals surface area (Å²) in [6.45, 7) is 5.48. The summed E-state index contributed by atoms with van der Waals surface area (Å²) < 4.78 is 0. The van der Waals surface area contributed by atoms with Crippen LogP contribution in [0.1, 0.15) is 31.2 Å². The Balaban J connectivity index is 1.55. The number of amides is 1. The van der Waals surface area contributed by atoms with Crippen molar-refractivity contribution in [2.24, 2.45) is 11.7 Å². The topological polar surface area (TPSA) is 62.5 Å². The average molecular weight is 302 g/mol. The number of pyridine rings is 1. The standard InChI is InChI=1S/C17H26N4O/c1-13-4-5-16(19-11-13)20-9-6-14(7-10-20)17(22)21-8-2-3-15(18)12-21/h4-5,11,14-15H,2-3,6-10,12,18H2,1H3. The molecule has 0 spiro atoms. The highest BCUT2D eigenvalue weighted by molar-refractivity contribution is 5.79. The van der Waals surface area contributed by atoms with Gasteiger partial charge in [0.2, 0.25) is 5.91 Å². The van der Waals surface area contributed by atoms with E-state index < -0.39 is 0 Å². The van der Waals surface area contributed by atoms with Gasteiger partial charge in [-0.15, -0.1) is 0 Å². The van der Waals surface area contributed by atoms with Crippen LogP contribution in [0.4, 0.5) is 5.82 Å². The molecule has 0 radical (unpaired) electrons. The van der Waals surface area contributed by atoms with E-state index in [9.17, 15) is 4.79 Å². The molecule has 2 saturated heterocycles. The summed E-state index contributed by atoms with van der Waals surface area (Å²) in [6, 6.07) is 4.32. The Hall–Kier alpha value is -1.62. The fourth-order valence-electron chi connectivity index (χ4n) is 3.47. The zero-order valence-corrected chi connectivity index (χ0v) is 13.4. The molecule has 1 aromatic rings. The third kappa shape index (κ3) is 3.40. The molecule has 2 fully saturated rings. The minimum Gasteiger partial charge on any atom is -0.357 e. The van der Waals surface area contributed by atoms with Crippen molar-refractivity contribution in [1.82, 2.24) is 9.88 Å². The highest BCUT2D eigenvalue weighted by Gasteiger charge is 2.30. The van der Waals surface area contributed by atoms with Gasteiger partial charge in [-0.05, 0) is 44.2 Å². The van der Waals surface area contributed by atoms with Gasteiger partial charge in [-0.3, -0.25) is 4.79 Å². The number of piperidine rings is 2. The van der Waals surface area contributed by atoms with Gasteiger partial charge in [-0.25, -0.2) is 4.98 Å². The number of rotatable bonds is 2. The van der Waals surface area contributed by atoms with Crippen molar-refractivity contribution in [3.63, 3.8) is 0 Å². The van der Waals surface area contributed by atoms with Crippen molar-refractivity contribution in [3.8, 4) is 0 Å². The molecule has 120 valence electrons. The Morgan fingerprint density at radius 2 is 2.00 bits per heavy atom. The van der Waals surface area contributed by atoms with Crippen LogP contribution >= 0.6 is 0 Å². The highest BCUT2D eigenvalue weighted by Crippen LogP contribution is 2.24. The Morgan fingerprint density at radius 1 is 1.23 bits per heavy atom. The first-order chi connectivity index (χ1) is 10.6. The number of nitrogens with two attached hydrogens (primary N) is 1. The Morgan fingerprint density at radius 3 is 2.64 bits per heavy atom. The van der Waals surface area contributed by atoms with Crippen molar-refractivity contribution in [2.75, 3.05) is 31.1 Å². The summed E-state index contributed by atoms with van der Waals surface area (Å²) >= 11 is 0. The number of nitrogens with zero attached hydrogens (tertiary/aromatic N) is 3. The number of aromatic nitrogens is 1. The minimum atomic E-state index is 0.159. The molecule has 2 N–H and O–H groups in total. The molecule has 2 aliphatic rings. The molecule has 22 heavy (non-hydrogen) atoms. The van der Waals surface area contributed by atoms with E-state index in [0.717, 1.165) is 57.7 Å². The van der Waals surface area contributed by atoms with Crippen molar-refractivity contribution < 1.29 is 4.79 Å². The smallest absolute Gasteiger partial charge is 0.225 e. The minimum absolute atomic E-state index is 0.159. The SMILES string of the molecule is Cc1ccc(N2CCC(C(=O)N3CCCC(N)C3)CC2)nc1. The first-order valence-corrected chi connectivity index (χ1v) is 8.35. The van der Waals surface area contributed by atoms with Gasteiger partial charge in [0, 0.05) is 44.3 Å². The zero-order chi connectivity index (χ0) is 15.5. The van der Waals surface area contributed by atoms with E-state index in [-0.39, 0.29) is 12.0 Å². The maximum absolute atomic E-state index is 12.6. The lowest BCUT2D eigenvalue weighted by molar-refractivity contribution is -0.137. The first kappa shape index (κ1) is 15.3. The van der Waals surface area contributed by atoms with Crippen LogP contribution in [0.3, 0.4) is 0 Å². The van der Waals surface area contributed by atoms with Gasteiger partial charge in [0.05, 0.1) is 0 Å². The number of aryl methyl sites for hydroxylation is 1. The fourth-order valence-corrected chi connectivity index (χ4v) is 3.47. The number of hydrogen-bond donors (Lipinski definition) is 1. The summed E-state index contributed by atoms with van der Waals surface area (Å²) in [6.07, 6.45) is 5.82. The van der Waals surface area contributed by atoms with Gasteiger partial charge in [0.15, 0.2) is 0 Å². The highest BCUT2D eigenvalue weighted by atomic mass is 16.2. The summed E-state index contributed by atoms with van der Waals surface area (Å²) in [5.41, 5.74) is 7.17. The third-order valence-electron chi connectivity index (χ3n) is 4.83. The summed E-state index contributed by atoms with van der Waals surface area (Å²) in [7, 11) is 0. The predicted molar refractivity (Wildman–Crippen MR) is 87.7 cm³/mol. The molecule has 2 aliphatic heterocycles. The number of likely N-dealkylation sites (tertiary alicyclic amines) is 1. The Kier molecular flexibility index (Phi) is 4.62. The van der Waals surface area contributed by atoms with Crippen molar-refractivity contribution in [2.45, 2.75) is 38.6 Å². The molecule has 1 amide bonds. The second-order valence-electron chi connectivity index (χ2n) is 6.64. The molecule has 1 unspecified atom stereocenters. The van der Waals surface area contributed by atoms with Crippen LogP contribution in [0.15, 0.2) is 18.3 Å². The van der Waals surface area contributed by atoms with Gasteiger partial charge in [-0.1, -0.05) is 6.07 Å². The molecule has 1 aromatic heterocycles. The Bertz CT molecular complexity index is 508. The van der Waals surface area contributed by atoms with Crippen LogP contribution in [0.5, 0.6) is 0 Å². The lowest BCUT2D eigenvalue weighted by Gasteiger charge is -2.37. The second kappa shape index (κ2) is 6.65. The molecular weight excluding hydrogens is 276 g/mol. The van der Waals surface area contributed by atoms with Gasteiger partial charge < -0.3 is 15.5 Å². The summed E-state index contributed by atoms with van der Waals surface area (Å²) in [5, 5.41) is 0. The number of hydrogen-bond acceptors (Lipinski definition) is 4. The number of carbonyl (C=O) groups is 1. The predicted octanol–water partition coefficient (Wildman–Crippen LogP) is 1.56. The van der Waals surface area contributed by atoms with E-state index in [0.29, 0.717) is 5.91 Å². The largest absolute Gasteiger partial charge is 0.357 e. The van der Waals surface area contributed by atoms with Crippen LogP contribution < -0.4 is 10.6 Å². The number of anilines is 1. The molecule has 0 bridgehead atoms. The van der Waals surface area contributed by atoms with E-state index in [1.54, 1.807) is 0 Å². The van der Waals surface area contributed by atoms with E-state index in [1.807, 2.05) is 18.0 Å². The zero-order valence-electron chi connectivity index (χ0n) is 13.4. The van der Waals surface area contributed by atoms with E-state index in [4.69, 9.17) is 5.73 Å². The first-order valence-electron chi connectivity index (χ1n) is 8.35. The van der Waals surface area contributed by atoms with Crippen LogP contribution in [0, 0.1) is 12.8 Å². The molecule has 5 nitrogen and oxygen atoms in total. The summed E-state index contributed by atoms with van der Waals surface area (Å²) in [4.78, 5) is 21.4. The van der Waals surface area contributed by atoms with Crippen LogP contribution in [0.2, 0.25) is 0 Å². The normalized spacial score (nSPS) is 23.6. The number of carbonyl (C=O) groups excluding carboxylic acids is 1.